The fraction of sp³-hybridized carbons (Fsp3) is 0.259. The number of rotatable bonds is 10. The first kappa shape index (κ1) is 20.1. The highest BCUT2D eigenvalue weighted by molar-refractivity contribution is 5.25. The van der Waals surface area contributed by atoms with Crippen LogP contribution < -0.4 is 0 Å². The van der Waals surface area contributed by atoms with Gasteiger partial charge in [-0.15, -0.1) is 0 Å². The van der Waals surface area contributed by atoms with Crippen molar-refractivity contribution < 1.29 is 0 Å². The Labute approximate surface area is 170 Å². The quantitative estimate of drug-likeness (QED) is 0.270. The van der Waals surface area contributed by atoms with Gasteiger partial charge in [-0.05, 0) is 23.1 Å². The highest BCUT2D eigenvalue weighted by atomic mass is 15.1. The van der Waals surface area contributed by atoms with Crippen molar-refractivity contribution in [3.05, 3.63) is 120 Å². The summed E-state index contributed by atoms with van der Waals surface area (Å²) in [6.07, 6.45) is 8.39. The van der Waals surface area contributed by atoms with E-state index in [9.17, 15) is 0 Å². The largest absolute Gasteiger partial charge is 0.284 e. The Morgan fingerprint density at radius 1 is 0.714 bits per heavy atom. The Kier molecular flexibility index (Phi) is 8.08. The Morgan fingerprint density at radius 3 is 1.71 bits per heavy atom. The fourth-order valence-electron chi connectivity index (χ4n) is 3.53. The van der Waals surface area contributed by atoms with Gasteiger partial charge in [-0.25, -0.2) is 0 Å². The number of allylic oxidation sites excluding steroid dienone is 1. The van der Waals surface area contributed by atoms with E-state index in [-0.39, 0.29) is 6.04 Å². The van der Waals surface area contributed by atoms with Gasteiger partial charge >= 0.3 is 0 Å². The first-order valence-corrected chi connectivity index (χ1v) is 10.4. The Morgan fingerprint density at radius 2 is 1.21 bits per heavy atom. The molecule has 0 radical (unpaired) electrons. The van der Waals surface area contributed by atoms with Crippen LogP contribution >= 0.6 is 0 Å². The molecule has 0 aromatic heterocycles. The van der Waals surface area contributed by atoms with Crippen molar-refractivity contribution in [2.75, 3.05) is 0 Å². The molecule has 144 valence electrons. The molecule has 1 nitrogen and oxygen atoms in total. The van der Waals surface area contributed by atoms with Gasteiger partial charge in [-0.1, -0.05) is 123 Å². The highest BCUT2D eigenvalue weighted by Crippen LogP contribution is 2.27. The van der Waals surface area contributed by atoms with Crippen molar-refractivity contribution in [1.82, 2.24) is 4.90 Å². The minimum atomic E-state index is 0.262. The van der Waals surface area contributed by atoms with Crippen LogP contribution in [0.15, 0.2) is 103 Å². The summed E-state index contributed by atoms with van der Waals surface area (Å²) >= 11 is 0. The summed E-state index contributed by atoms with van der Waals surface area (Å²) in [4.78, 5) is 2.57. The van der Waals surface area contributed by atoms with Crippen molar-refractivity contribution in [2.45, 2.75) is 45.3 Å². The molecule has 0 heterocycles. The fourth-order valence-corrected chi connectivity index (χ4v) is 3.53. The molecule has 0 fully saturated rings. The lowest BCUT2D eigenvalue weighted by Gasteiger charge is -2.30. The van der Waals surface area contributed by atoms with Gasteiger partial charge in [0.2, 0.25) is 0 Å². The lowest BCUT2D eigenvalue weighted by Crippen LogP contribution is -2.27. The van der Waals surface area contributed by atoms with Gasteiger partial charge in [0.05, 0.1) is 6.04 Å². The second-order valence-electron chi connectivity index (χ2n) is 7.30. The average molecular weight is 370 g/mol. The van der Waals surface area contributed by atoms with E-state index in [1.807, 2.05) is 0 Å². The number of nitrogens with zero attached hydrogens (tertiary/aromatic N) is 1. The maximum absolute atomic E-state index is 2.57. The summed E-state index contributed by atoms with van der Waals surface area (Å²) in [5.74, 6) is 0. The molecule has 0 amide bonds. The summed E-state index contributed by atoms with van der Waals surface area (Å²) in [5, 5.41) is 0. The zero-order valence-electron chi connectivity index (χ0n) is 16.9. The molecule has 0 saturated carbocycles. The van der Waals surface area contributed by atoms with Gasteiger partial charge < -0.3 is 0 Å². The van der Waals surface area contributed by atoms with E-state index in [1.54, 1.807) is 0 Å². The van der Waals surface area contributed by atoms with Crippen molar-refractivity contribution in [1.29, 1.82) is 0 Å². The van der Waals surface area contributed by atoms with Crippen LogP contribution in [0.3, 0.4) is 0 Å². The zero-order chi connectivity index (χ0) is 19.4. The number of benzene rings is 3. The van der Waals surface area contributed by atoms with Gasteiger partial charge in [0.25, 0.3) is 0 Å². The summed E-state index contributed by atoms with van der Waals surface area (Å²) < 4.78 is 0. The maximum atomic E-state index is 2.57. The maximum Gasteiger partial charge on any atom is 0.0538 e. The summed E-state index contributed by atoms with van der Waals surface area (Å²) in [5.41, 5.74) is 4.05. The van der Waals surface area contributed by atoms with E-state index in [4.69, 9.17) is 0 Å². The molecule has 0 saturated heterocycles. The molecule has 1 heteroatoms. The van der Waals surface area contributed by atoms with Gasteiger partial charge in [-0.3, -0.25) is 4.90 Å². The standard InChI is InChI=1S/C27H31N/c1-2-3-4-14-21-27(26-19-12-7-13-20-26)28(22-24-15-8-5-9-16-24)23-25-17-10-6-11-18-25/h5-21,27H,2-4,22-23H2,1H3/b21-14-/t27-/m0/s1. The van der Waals surface area contributed by atoms with Gasteiger partial charge in [-0.2, -0.15) is 0 Å². The Bertz CT molecular complexity index is 767. The Balaban J connectivity index is 1.90. The molecule has 28 heavy (non-hydrogen) atoms. The highest BCUT2D eigenvalue weighted by Gasteiger charge is 2.18. The van der Waals surface area contributed by atoms with Crippen LogP contribution in [0.25, 0.3) is 0 Å². The third kappa shape index (κ3) is 6.21. The molecule has 0 unspecified atom stereocenters. The van der Waals surface area contributed by atoms with E-state index in [1.165, 1.54) is 29.5 Å². The predicted molar refractivity (Wildman–Crippen MR) is 120 cm³/mol. The topological polar surface area (TPSA) is 3.24 Å². The molecule has 0 N–H and O–H groups in total. The van der Waals surface area contributed by atoms with Crippen LogP contribution in [-0.4, -0.2) is 4.90 Å². The molecule has 0 aliphatic carbocycles. The SMILES string of the molecule is CCCC/C=C\[C@@H](c1ccccc1)N(Cc1ccccc1)Cc1ccccc1. The summed E-state index contributed by atoms with van der Waals surface area (Å²) in [6, 6.07) is 32.7. The molecule has 0 aliphatic heterocycles. The van der Waals surface area contributed by atoms with Gasteiger partial charge in [0.15, 0.2) is 0 Å². The average Bonchev–Trinajstić information content (AvgIpc) is 2.75. The summed E-state index contributed by atoms with van der Waals surface area (Å²) in [7, 11) is 0. The Hall–Kier alpha value is -2.64. The normalized spacial score (nSPS) is 12.5. The molecule has 0 spiro atoms. The van der Waals surface area contributed by atoms with Crippen molar-refractivity contribution in [2.24, 2.45) is 0 Å². The van der Waals surface area contributed by atoms with Crippen LogP contribution in [0.4, 0.5) is 0 Å². The number of hydrogen-bond donors (Lipinski definition) is 0. The minimum Gasteiger partial charge on any atom is -0.284 e. The van der Waals surface area contributed by atoms with Gasteiger partial charge in [0.1, 0.15) is 0 Å². The van der Waals surface area contributed by atoms with E-state index in [2.05, 4.69) is 115 Å². The third-order valence-electron chi connectivity index (χ3n) is 5.03. The van der Waals surface area contributed by atoms with E-state index < -0.39 is 0 Å². The van der Waals surface area contributed by atoms with Crippen LogP contribution in [0, 0.1) is 0 Å². The first-order chi connectivity index (χ1) is 13.9. The van der Waals surface area contributed by atoms with Crippen molar-refractivity contribution in [3.63, 3.8) is 0 Å². The van der Waals surface area contributed by atoms with Crippen LogP contribution in [0.2, 0.25) is 0 Å². The number of unbranched alkanes of at least 4 members (excludes halogenated alkanes) is 2. The van der Waals surface area contributed by atoms with Crippen LogP contribution in [0.1, 0.15) is 48.9 Å². The van der Waals surface area contributed by atoms with Crippen LogP contribution in [-0.2, 0) is 13.1 Å². The van der Waals surface area contributed by atoms with Crippen LogP contribution in [0.5, 0.6) is 0 Å². The molecule has 1 atom stereocenters. The van der Waals surface area contributed by atoms with E-state index in [0.717, 1.165) is 19.5 Å². The lowest BCUT2D eigenvalue weighted by atomic mass is 10.0. The monoisotopic (exact) mass is 369 g/mol. The molecular formula is C27H31N. The first-order valence-electron chi connectivity index (χ1n) is 10.4. The van der Waals surface area contributed by atoms with E-state index in [0.29, 0.717) is 0 Å². The molecule has 3 rings (SSSR count). The van der Waals surface area contributed by atoms with E-state index >= 15 is 0 Å². The molecule has 0 bridgehead atoms. The lowest BCUT2D eigenvalue weighted by molar-refractivity contribution is 0.212. The molecule has 3 aromatic carbocycles. The molecule has 0 aliphatic rings. The van der Waals surface area contributed by atoms with Crippen molar-refractivity contribution >= 4 is 0 Å². The third-order valence-corrected chi connectivity index (χ3v) is 5.03. The summed E-state index contributed by atoms with van der Waals surface area (Å²) in [6.45, 7) is 4.10. The smallest absolute Gasteiger partial charge is 0.0538 e. The van der Waals surface area contributed by atoms with Crippen molar-refractivity contribution in [3.8, 4) is 0 Å². The predicted octanol–water partition coefficient (Wildman–Crippen LogP) is 7.18. The molecular weight excluding hydrogens is 338 g/mol. The molecule has 3 aromatic rings. The van der Waals surface area contributed by atoms with Gasteiger partial charge in [0, 0.05) is 13.1 Å². The second-order valence-corrected chi connectivity index (χ2v) is 7.30. The minimum absolute atomic E-state index is 0.262. The number of hydrogen-bond acceptors (Lipinski definition) is 1. The second kappa shape index (κ2) is 11.3. The zero-order valence-corrected chi connectivity index (χ0v) is 16.9.